The molecular formula is C12H13NO4S. The van der Waals surface area contributed by atoms with Crippen LogP contribution in [0.4, 0.5) is 0 Å². The van der Waals surface area contributed by atoms with Gasteiger partial charge in [-0.05, 0) is 18.6 Å². The van der Waals surface area contributed by atoms with Gasteiger partial charge >= 0.3 is 0 Å². The molecular weight excluding hydrogens is 254 g/mol. The van der Waals surface area contributed by atoms with E-state index < -0.39 is 15.9 Å². The number of Topliss-reactive ketones (excluding diaryl/α,β-unsaturated/α-hetero) is 1. The van der Waals surface area contributed by atoms with Crippen LogP contribution >= 0.6 is 0 Å². The zero-order valence-corrected chi connectivity index (χ0v) is 10.7. The van der Waals surface area contributed by atoms with Gasteiger partial charge in [-0.1, -0.05) is 19.1 Å². The van der Waals surface area contributed by atoms with Crippen LogP contribution in [-0.4, -0.2) is 31.0 Å². The van der Waals surface area contributed by atoms with Gasteiger partial charge < -0.3 is 0 Å². The van der Waals surface area contributed by atoms with Crippen LogP contribution in [0.5, 0.6) is 0 Å². The van der Waals surface area contributed by atoms with Crippen LogP contribution in [-0.2, 0) is 14.8 Å². The molecule has 0 saturated carbocycles. The third-order valence-electron chi connectivity index (χ3n) is 2.76. The van der Waals surface area contributed by atoms with Gasteiger partial charge in [0.15, 0.2) is 5.78 Å². The molecule has 2 rings (SSSR count). The fourth-order valence-electron chi connectivity index (χ4n) is 1.91. The Kier molecular flexibility index (Phi) is 3.21. The van der Waals surface area contributed by atoms with E-state index >= 15 is 0 Å². The van der Waals surface area contributed by atoms with Crippen molar-refractivity contribution in [2.24, 2.45) is 0 Å². The van der Waals surface area contributed by atoms with Gasteiger partial charge in [0.05, 0.1) is 12.1 Å². The van der Waals surface area contributed by atoms with Gasteiger partial charge in [-0.15, -0.1) is 0 Å². The Labute approximate surface area is 105 Å². The molecule has 1 amide bonds. The van der Waals surface area contributed by atoms with Gasteiger partial charge in [0.2, 0.25) is 0 Å². The van der Waals surface area contributed by atoms with Crippen molar-refractivity contribution in [1.29, 1.82) is 0 Å². The molecule has 0 atom stereocenters. The number of hydrogen-bond donors (Lipinski definition) is 0. The Morgan fingerprint density at radius 3 is 2.56 bits per heavy atom. The molecule has 0 aliphatic carbocycles. The minimum atomic E-state index is -3.85. The number of benzene rings is 1. The third kappa shape index (κ3) is 1.92. The molecule has 5 nitrogen and oxygen atoms in total. The quantitative estimate of drug-likeness (QED) is 0.821. The molecule has 0 N–H and O–H groups in total. The molecule has 1 aromatic carbocycles. The van der Waals surface area contributed by atoms with Crippen molar-refractivity contribution in [1.82, 2.24) is 4.31 Å². The van der Waals surface area contributed by atoms with E-state index in [4.69, 9.17) is 0 Å². The zero-order valence-electron chi connectivity index (χ0n) is 9.92. The first-order valence-corrected chi connectivity index (χ1v) is 7.10. The zero-order chi connectivity index (χ0) is 13.3. The van der Waals surface area contributed by atoms with E-state index in [0.29, 0.717) is 10.7 Å². The summed E-state index contributed by atoms with van der Waals surface area (Å²) in [6, 6.07) is 6.00. The number of hydrogen-bond acceptors (Lipinski definition) is 4. The monoisotopic (exact) mass is 267 g/mol. The number of carbonyl (C=O) groups is 2. The summed E-state index contributed by atoms with van der Waals surface area (Å²) >= 11 is 0. The Bertz CT molecular complexity index is 606. The van der Waals surface area contributed by atoms with E-state index in [0.717, 1.165) is 0 Å². The molecule has 18 heavy (non-hydrogen) atoms. The summed E-state index contributed by atoms with van der Waals surface area (Å²) in [6.07, 6.45) is 0.906. The van der Waals surface area contributed by atoms with E-state index in [1.807, 2.05) is 6.92 Å². The topological polar surface area (TPSA) is 71.5 Å². The average molecular weight is 267 g/mol. The highest BCUT2D eigenvalue weighted by atomic mass is 32.2. The van der Waals surface area contributed by atoms with E-state index in [2.05, 4.69) is 0 Å². The molecule has 0 bridgehead atoms. The Morgan fingerprint density at radius 1 is 1.28 bits per heavy atom. The maximum absolute atomic E-state index is 12.1. The van der Waals surface area contributed by atoms with Gasteiger partial charge in [0.1, 0.15) is 4.90 Å². The van der Waals surface area contributed by atoms with Gasteiger partial charge in [-0.2, -0.15) is 0 Å². The van der Waals surface area contributed by atoms with Gasteiger partial charge in [0, 0.05) is 6.42 Å². The third-order valence-corrected chi connectivity index (χ3v) is 4.55. The van der Waals surface area contributed by atoms with Gasteiger partial charge in [-0.25, -0.2) is 12.7 Å². The molecule has 0 aromatic heterocycles. The predicted octanol–water partition coefficient (Wildman–Crippen LogP) is 1.20. The molecule has 0 saturated heterocycles. The summed E-state index contributed by atoms with van der Waals surface area (Å²) in [5, 5.41) is 0. The highest BCUT2D eigenvalue weighted by Crippen LogP contribution is 2.29. The number of carbonyl (C=O) groups excluding carboxylic acids is 2. The molecule has 1 heterocycles. The summed E-state index contributed by atoms with van der Waals surface area (Å²) in [7, 11) is -3.85. The number of ketones is 1. The van der Waals surface area contributed by atoms with Crippen molar-refractivity contribution >= 4 is 21.7 Å². The highest BCUT2D eigenvalue weighted by Gasteiger charge is 2.41. The fraction of sp³-hybridized carbons (Fsp3) is 0.333. The Hall–Kier alpha value is -1.69. The smallest absolute Gasteiger partial charge is 0.269 e. The minimum absolute atomic E-state index is 0.0145. The van der Waals surface area contributed by atoms with Crippen LogP contribution in [0.2, 0.25) is 0 Å². The van der Waals surface area contributed by atoms with Crippen molar-refractivity contribution in [3.8, 4) is 0 Å². The first kappa shape index (κ1) is 12.8. The standard InChI is InChI=1S/C12H13NO4S/c1-2-5-9(14)8-13-12(15)10-6-3-4-7-11(10)18(13,16)17/h3-4,6-7H,2,5,8H2,1H3. The fourth-order valence-corrected chi connectivity index (χ4v) is 3.46. The van der Waals surface area contributed by atoms with E-state index in [1.54, 1.807) is 12.1 Å². The van der Waals surface area contributed by atoms with E-state index in [1.165, 1.54) is 12.1 Å². The van der Waals surface area contributed by atoms with Crippen LogP contribution in [0.3, 0.4) is 0 Å². The molecule has 0 fully saturated rings. The van der Waals surface area contributed by atoms with Crippen LogP contribution < -0.4 is 0 Å². The molecule has 1 aliphatic heterocycles. The molecule has 1 aliphatic rings. The van der Waals surface area contributed by atoms with Crippen LogP contribution in [0.25, 0.3) is 0 Å². The lowest BCUT2D eigenvalue weighted by atomic mass is 10.2. The van der Waals surface area contributed by atoms with Crippen LogP contribution in [0.1, 0.15) is 30.1 Å². The van der Waals surface area contributed by atoms with Gasteiger partial charge in [0.25, 0.3) is 15.9 Å². The molecule has 0 radical (unpaired) electrons. The summed E-state index contributed by atoms with van der Waals surface area (Å²) in [5.74, 6) is -0.864. The Balaban J connectivity index is 2.37. The normalized spacial score (nSPS) is 16.7. The molecule has 96 valence electrons. The average Bonchev–Trinajstić information content (AvgIpc) is 2.52. The summed E-state index contributed by atoms with van der Waals surface area (Å²) in [4.78, 5) is 23.5. The van der Waals surface area contributed by atoms with Crippen LogP contribution in [0.15, 0.2) is 29.2 Å². The maximum atomic E-state index is 12.1. The maximum Gasteiger partial charge on any atom is 0.269 e. The molecule has 0 spiro atoms. The van der Waals surface area contributed by atoms with E-state index in [-0.39, 0.29) is 29.2 Å². The minimum Gasteiger partial charge on any atom is -0.298 e. The lowest BCUT2D eigenvalue weighted by molar-refractivity contribution is -0.119. The second-order valence-corrected chi connectivity index (χ2v) is 5.93. The summed E-state index contributed by atoms with van der Waals surface area (Å²) < 4.78 is 24.8. The first-order chi connectivity index (χ1) is 8.48. The highest BCUT2D eigenvalue weighted by molar-refractivity contribution is 7.90. The van der Waals surface area contributed by atoms with Crippen molar-refractivity contribution in [2.75, 3.05) is 6.54 Å². The molecule has 1 aromatic rings. The summed E-state index contributed by atoms with van der Waals surface area (Å²) in [5.41, 5.74) is 0.141. The summed E-state index contributed by atoms with van der Waals surface area (Å²) in [6.45, 7) is 1.45. The number of rotatable bonds is 4. The number of nitrogens with zero attached hydrogens (tertiary/aromatic N) is 1. The van der Waals surface area contributed by atoms with Crippen molar-refractivity contribution in [3.05, 3.63) is 29.8 Å². The largest absolute Gasteiger partial charge is 0.298 e. The van der Waals surface area contributed by atoms with Gasteiger partial charge in [-0.3, -0.25) is 9.59 Å². The first-order valence-electron chi connectivity index (χ1n) is 5.66. The number of amides is 1. The lowest BCUT2D eigenvalue weighted by Crippen LogP contribution is -2.34. The predicted molar refractivity (Wildman–Crippen MR) is 64.6 cm³/mol. The number of sulfonamides is 1. The van der Waals surface area contributed by atoms with Crippen LogP contribution in [0, 0.1) is 0 Å². The second kappa shape index (κ2) is 4.53. The SMILES string of the molecule is CCCC(=O)CN1C(=O)c2ccccc2S1(=O)=O. The van der Waals surface area contributed by atoms with Crippen molar-refractivity contribution in [2.45, 2.75) is 24.7 Å². The van der Waals surface area contributed by atoms with E-state index in [9.17, 15) is 18.0 Å². The second-order valence-electron chi connectivity index (χ2n) is 4.10. The molecule has 0 unspecified atom stereocenters. The lowest BCUT2D eigenvalue weighted by Gasteiger charge is -2.13. The van der Waals surface area contributed by atoms with Crippen molar-refractivity contribution in [3.63, 3.8) is 0 Å². The van der Waals surface area contributed by atoms with Crippen molar-refractivity contribution < 1.29 is 18.0 Å². The number of fused-ring (bicyclic) bond motifs is 1. The molecule has 6 heteroatoms. The Morgan fingerprint density at radius 2 is 1.94 bits per heavy atom.